The zero-order valence-corrected chi connectivity index (χ0v) is 19.7. The predicted molar refractivity (Wildman–Crippen MR) is 118 cm³/mol. The summed E-state index contributed by atoms with van der Waals surface area (Å²) in [6.45, 7) is 1.24. The second-order valence-electron chi connectivity index (χ2n) is 7.68. The molecule has 0 radical (unpaired) electrons. The van der Waals surface area contributed by atoms with Gasteiger partial charge >= 0.3 is 15.9 Å². The highest BCUT2D eigenvalue weighted by Crippen LogP contribution is 2.27. The number of nitrogens with zero attached hydrogens (tertiary/aromatic N) is 2. The van der Waals surface area contributed by atoms with E-state index in [4.69, 9.17) is 4.74 Å². The van der Waals surface area contributed by atoms with Crippen LogP contribution in [0.1, 0.15) is 18.2 Å². The fourth-order valence-corrected chi connectivity index (χ4v) is 4.75. The van der Waals surface area contributed by atoms with Crippen LogP contribution in [0.5, 0.6) is 0 Å². The van der Waals surface area contributed by atoms with Gasteiger partial charge in [0.15, 0.2) is 0 Å². The average Bonchev–Trinajstić information content (AvgIpc) is 3.09. The summed E-state index contributed by atoms with van der Waals surface area (Å²) in [6, 6.07) is 5.06. The molecule has 1 aliphatic rings. The molecule has 0 spiro atoms. The van der Waals surface area contributed by atoms with Crippen molar-refractivity contribution in [2.24, 2.45) is 0 Å². The molecule has 4 N–H and O–H groups in total. The molecule has 2 aromatic rings. The number of benzene rings is 1. The third-order valence-electron chi connectivity index (χ3n) is 5.03. The summed E-state index contributed by atoms with van der Waals surface area (Å²) in [4.78, 5) is 25.6. The second-order valence-corrected chi connectivity index (χ2v) is 11.3. The van der Waals surface area contributed by atoms with Gasteiger partial charge in [-0.2, -0.15) is 12.7 Å². The number of aromatic amines is 1. The molecule has 1 aliphatic heterocycles. The number of anilines is 1. The number of hydrogen-bond acceptors (Lipinski definition) is 8. The van der Waals surface area contributed by atoms with Crippen molar-refractivity contribution in [3.8, 4) is 0 Å². The quantitative estimate of drug-likeness (QED) is 0.343. The monoisotopic (exact) mass is 503 g/mol. The van der Waals surface area contributed by atoms with E-state index in [1.165, 1.54) is 51.5 Å². The SMILES string of the molecule is Cc1cn([C@H]2C[C@H](O)[C@@H](CNS(=O)(=O)c3ccc(NS(=O)(=O)N(C)C)cc3)O2)c(=O)[nH]c1=O. The van der Waals surface area contributed by atoms with Crippen LogP contribution in [0.4, 0.5) is 5.69 Å². The lowest BCUT2D eigenvalue weighted by Crippen LogP contribution is -2.37. The molecule has 182 valence electrons. The summed E-state index contributed by atoms with van der Waals surface area (Å²) in [6.07, 6.45) is -1.52. The number of aliphatic hydroxyl groups excluding tert-OH is 1. The van der Waals surface area contributed by atoms with Crippen molar-refractivity contribution >= 4 is 25.9 Å². The first-order valence-electron chi connectivity index (χ1n) is 9.76. The predicted octanol–water partition coefficient (Wildman–Crippen LogP) is -1.31. The molecule has 33 heavy (non-hydrogen) atoms. The maximum absolute atomic E-state index is 12.6. The Bertz CT molecular complexity index is 1330. The Labute approximate surface area is 190 Å². The van der Waals surface area contributed by atoms with Gasteiger partial charge in [-0.3, -0.25) is 19.1 Å². The number of ether oxygens (including phenoxy) is 1. The van der Waals surface area contributed by atoms with E-state index < -0.39 is 49.9 Å². The van der Waals surface area contributed by atoms with Crippen molar-refractivity contribution in [2.75, 3.05) is 25.4 Å². The fraction of sp³-hybridized carbons (Fsp3) is 0.444. The zero-order chi connectivity index (χ0) is 24.6. The van der Waals surface area contributed by atoms with Crippen LogP contribution < -0.4 is 20.7 Å². The highest BCUT2D eigenvalue weighted by molar-refractivity contribution is 7.90. The fourth-order valence-electron chi connectivity index (χ4n) is 3.09. The number of hydrogen-bond donors (Lipinski definition) is 4. The van der Waals surface area contributed by atoms with Crippen molar-refractivity contribution in [3.05, 3.63) is 56.9 Å². The van der Waals surface area contributed by atoms with E-state index in [0.717, 1.165) is 8.87 Å². The minimum Gasteiger partial charge on any atom is -0.390 e. The van der Waals surface area contributed by atoms with Gasteiger partial charge in [-0.05, 0) is 31.2 Å². The normalized spacial score (nSPS) is 21.4. The van der Waals surface area contributed by atoms with E-state index in [1.54, 1.807) is 0 Å². The largest absolute Gasteiger partial charge is 0.390 e. The van der Waals surface area contributed by atoms with Gasteiger partial charge in [0.1, 0.15) is 6.23 Å². The summed E-state index contributed by atoms with van der Waals surface area (Å²) < 4.78 is 61.3. The molecule has 1 aromatic heterocycles. The summed E-state index contributed by atoms with van der Waals surface area (Å²) in [7, 11) is -5.03. The van der Waals surface area contributed by atoms with Crippen LogP contribution in [0.15, 0.2) is 44.9 Å². The number of H-pyrrole nitrogens is 1. The molecule has 1 fully saturated rings. The van der Waals surface area contributed by atoms with Crippen LogP contribution in [0.25, 0.3) is 0 Å². The standard InChI is InChI=1S/C18H25N5O8S2/c1-11-10-23(18(26)20-17(11)25)16-8-14(24)15(31-16)9-19-32(27,28)13-6-4-12(5-7-13)21-33(29,30)22(2)3/h4-7,10,14-16,19,21,24H,8-9H2,1-3H3,(H,20,25,26)/t14-,15+,16+/m0/s1. The van der Waals surface area contributed by atoms with Gasteiger partial charge in [0.2, 0.25) is 10.0 Å². The molecule has 0 amide bonds. The Morgan fingerprint density at radius 1 is 1.18 bits per heavy atom. The van der Waals surface area contributed by atoms with Crippen molar-refractivity contribution in [1.82, 2.24) is 18.6 Å². The molecule has 1 aromatic carbocycles. The van der Waals surface area contributed by atoms with Crippen molar-refractivity contribution in [2.45, 2.75) is 36.7 Å². The maximum Gasteiger partial charge on any atom is 0.330 e. The Morgan fingerprint density at radius 3 is 2.42 bits per heavy atom. The minimum atomic E-state index is -4.00. The van der Waals surface area contributed by atoms with E-state index in [0.29, 0.717) is 0 Å². The number of aliphatic hydroxyl groups is 1. The molecule has 1 saturated heterocycles. The number of aryl methyl sites for hydroxylation is 1. The lowest BCUT2D eigenvalue weighted by atomic mass is 10.2. The Kier molecular flexibility index (Phi) is 7.11. The first-order chi connectivity index (χ1) is 15.3. The molecule has 0 aliphatic carbocycles. The maximum atomic E-state index is 12.6. The van der Waals surface area contributed by atoms with Gasteiger partial charge in [0, 0.05) is 44.5 Å². The van der Waals surface area contributed by atoms with Crippen LogP contribution in [0.2, 0.25) is 0 Å². The molecule has 0 unspecified atom stereocenters. The van der Waals surface area contributed by atoms with Crippen molar-refractivity contribution in [3.63, 3.8) is 0 Å². The van der Waals surface area contributed by atoms with E-state index in [9.17, 15) is 31.5 Å². The van der Waals surface area contributed by atoms with Gasteiger partial charge in [-0.25, -0.2) is 17.9 Å². The molecule has 3 atom stereocenters. The van der Waals surface area contributed by atoms with Crippen LogP contribution in [-0.2, 0) is 25.0 Å². The smallest absolute Gasteiger partial charge is 0.330 e. The van der Waals surface area contributed by atoms with Gasteiger partial charge in [-0.15, -0.1) is 0 Å². The molecule has 0 bridgehead atoms. The van der Waals surface area contributed by atoms with E-state index in [2.05, 4.69) is 14.4 Å². The van der Waals surface area contributed by atoms with Crippen LogP contribution in [0.3, 0.4) is 0 Å². The number of aromatic nitrogens is 2. The number of rotatable bonds is 8. The topological polar surface area (TPSA) is 180 Å². The molecule has 15 heteroatoms. The summed E-state index contributed by atoms with van der Waals surface area (Å²) >= 11 is 0. The van der Waals surface area contributed by atoms with Gasteiger partial charge < -0.3 is 9.84 Å². The van der Waals surface area contributed by atoms with Gasteiger partial charge in [0.25, 0.3) is 5.56 Å². The van der Waals surface area contributed by atoms with Crippen LogP contribution >= 0.6 is 0 Å². The van der Waals surface area contributed by atoms with E-state index >= 15 is 0 Å². The highest BCUT2D eigenvalue weighted by atomic mass is 32.2. The van der Waals surface area contributed by atoms with Gasteiger partial charge in [0.05, 0.1) is 17.1 Å². The Hall–Kier alpha value is -2.56. The third kappa shape index (κ3) is 5.69. The highest BCUT2D eigenvalue weighted by Gasteiger charge is 2.36. The Balaban J connectivity index is 1.66. The average molecular weight is 504 g/mol. The minimum absolute atomic E-state index is 0.0263. The second kappa shape index (κ2) is 9.36. The summed E-state index contributed by atoms with van der Waals surface area (Å²) in [5.41, 5.74) is -0.761. The van der Waals surface area contributed by atoms with Crippen molar-refractivity contribution < 1.29 is 26.7 Å². The molecule has 3 rings (SSSR count). The first-order valence-corrected chi connectivity index (χ1v) is 12.7. The molecular weight excluding hydrogens is 478 g/mol. The van der Waals surface area contributed by atoms with Gasteiger partial charge in [-0.1, -0.05) is 0 Å². The number of nitrogens with one attached hydrogen (secondary N) is 3. The molecular formula is C18H25N5O8S2. The van der Waals surface area contributed by atoms with E-state index in [1.807, 2.05) is 0 Å². The summed E-state index contributed by atoms with van der Waals surface area (Å²) in [5.74, 6) is 0. The summed E-state index contributed by atoms with van der Waals surface area (Å²) in [5, 5.41) is 10.3. The Morgan fingerprint density at radius 2 is 1.82 bits per heavy atom. The van der Waals surface area contributed by atoms with Crippen LogP contribution in [0, 0.1) is 6.92 Å². The molecule has 13 nitrogen and oxygen atoms in total. The van der Waals surface area contributed by atoms with Crippen molar-refractivity contribution in [1.29, 1.82) is 0 Å². The number of sulfonamides is 1. The molecule has 0 saturated carbocycles. The lowest BCUT2D eigenvalue weighted by Gasteiger charge is -2.17. The van der Waals surface area contributed by atoms with Crippen LogP contribution in [-0.4, -0.2) is 68.6 Å². The molecule has 2 heterocycles. The van der Waals surface area contributed by atoms with E-state index in [-0.39, 0.29) is 29.1 Å². The lowest BCUT2D eigenvalue weighted by molar-refractivity contribution is -0.0169. The third-order valence-corrected chi connectivity index (χ3v) is 7.92. The first kappa shape index (κ1) is 25.1. The zero-order valence-electron chi connectivity index (χ0n) is 18.0.